The van der Waals surface area contributed by atoms with Gasteiger partial charge in [-0.15, -0.1) is 0 Å². The predicted molar refractivity (Wildman–Crippen MR) is 87.2 cm³/mol. The molecule has 110 valence electrons. The van der Waals surface area contributed by atoms with Gasteiger partial charge < -0.3 is 0 Å². The Morgan fingerprint density at radius 1 is 0.632 bits per heavy atom. The Bertz CT molecular complexity index is 298. The van der Waals surface area contributed by atoms with Gasteiger partial charge in [0, 0.05) is 0 Å². The van der Waals surface area contributed by atoms with E-state index in [0.29, 0.717) is 0 Å². The van der Waals surface area contributed by atoms with Crippen LogP contribution in [0, 0.1) is 23.7 Å². The molecule has 0 bridgehead atoms. The lowest BCUT2D eigenvalue weighted by atomic mass is 9.92. The molecule has 3 fully saturated rings. The van der Waals surface area contributed by atoms with Crippen LogP contribution in [0.25, 0.3) is 0 Å². The summed E-state index contributed by atoms with van der Waals surface area (Å²) in [6.07, 6.45) is 9.51. The van der Waals surface area contributed by atoms with Gasteiger partial charge in [0.15, 0.2) is 0 Å². The third-order valence-corrected chi connectivity index (χ3v) is 15.1. The molecule has 0 N–H and O–H groups in total. The zero-order chi connectivity index (χ0) is 13.6. The molecule has 0 aromatic carbocycles. The van der Waals surface area contributed by atoms with Crippen LogP contribution in [0.4, 0.5) is 0 Å². The molecule has 1 saturated heterocycles. The van der Waals surface area contributed by atoms with E-state index in [0.717, 1.165) is 23.7 Å². The third kappa shape index (κ3) is 2.06. The van der Waals surface area contributed by atoms with Gasteiger partial charge in [-0.05, 0) is 34.8 Å². The van der Waals surface area contributed by atoms with Crippen LogP contribution in [0.3, 0.4) is 0 Å². The van der Waals surface area contributed by atoms with Gasteiger partial charge in [0.25, 0.3) is 0 Å². The molecule has 0 spiro atoms. The minimum absolute atomic E-state index is 0.976. The van der Waals surface area contributed by atoms with Crippen molar-refractivity contribution in [1.29, 1.82) is 0 Å². The van der Waals surface area contributed by atoms with Crippen molar-refractivity contribution in [2.24, 2.45) is 23.7 Å². The van der Waals surface area contributed by atoms with E-state index in [1.165, 1.54) is 11.1 Å². The monoisotopic (exact) mass is 278 g/mol. The van der Waals surface area contributed by atoms with E-state index < -0.39 is 8.07 Å². The van der Waals surface area contributed by atoms with Crippen LogP contribution < -0.4 is 0 Å². The highest BCUT2D eigenvalue weighted by molar-refractivity contribution is 6.83. The first-order valence-corrected chi connectivity index (χ1v) is 11.6. The molecule has 0 aromatic rings. The fourth-order valence-corrected chi connectivity index (χ4v) is 15.0. The second-order valence-electron chi connectivity index (χ2n) is 8.38. The molecule has 0 aromatic heterocycles. The van der Waals surface area contributed by atoms with Crippen molar-refractivity contribution in [3.63, 3.8) is 0 Å². The molecule has 19 heavy (non-hydrogen) atoms. The maximum absolute atomic E-state index is 2.62. The molecule has 2 aliphatic carbocycles. The van der Waals surface area contributed by atoms with Crippen LogP contribution in [0.2, 0.25) is 23.2 Å². The van der Waals surface area contributed by atoms with Gasteiger partial charge in [-0.3, -0.25) is 0 Å². The highest BCUT2D eigenvalue weighted by Gasteiger charge is 2.57. The van der Waals surface area contributed by atoms with Gasteiger partial charge in [0.2, 0.25) is 0 Å². The predicted octanol–water partition coefficient (Wildman–Crippen LogP) is 6.10. The lowest BCUT2D eigenvalue weighted by molar-refractivity contribution is 0.352. The molecule has 3 aliphatic rings. The number of rotatable bonds is 2. The van der Waals surface area contributed by atoms with Crippen LogP contribution >= 0.6 is 0 Å². The second-order valence-corrected chi connectivity index (χ2v) is 13.3. The Morgan fingerprint density at radius 2 is 1.11 bits per heavy atom. The molecule has 0 nitrogen and oxygen atoms in total. The average molecular weight is 279 g/mol. The SMILES string of the molecule is CC1C(C)C(C)C([Si]2(C3CCCC3)CCCC2)C1C. The Kier molecular flexibility index (Phi) is 3.88. The lowest BCUT2D eigenvalue weighted by Gasteiger charge is -2.44. The zero-order valence-electron chi connectivity index (χ0n) is 13.6. The van der Waals surface area contributed by atoms with Crippen LogP contribution in [0.1, 0.15) is 66.2 Å². The first-order valence-electron chi connectivity index (χ1n) is 9.08. The summed E-state index contributed by atoms with van der Waals surface area (Å²) in [4.78, 5) is 0. The summed E-state index contributed by atoms with van der Waals surface area (Å²) in [5.41, 5.74) is 2.39. The molecule has 0 amide bonds. The Hall–Kier alpha value is 0.217. The molecule has 0 radical (unpaired) electrons. The third-order valence-electron chi connectivity index (χ3n) is 7.99. The minimum Gasteiger partial charge on any atom is -0.0622 e. The highest BCUT2D eigenvalue weighted by Crippen LogP contribution is 2.63. The average Bonchev–Trinajstić information content (AvgIpc) is 3.10. The molecule has 1 heterocycles. The van der Waals surface area contributed by atoms with E-state index in [1.807, 2.05) is 0 Å². The minimum atomic E-state index is -0.976. The highest BCUT2D eigenvalue weighted by atomic mass is 28.3. The van der Waals surface area contributed by atoms with Gasteiger partial charge in [0.1, 0.15) is 0 Å². The molecule has 4 unspecified atom stereocenters. The van der Waals surface area contributed by atoms with Crippen molar-refractivity contribution >= 4 is 8.07 Å². The smallest absolute Gasteiger partial charge is 0.0603 e. The van der Waals surface area contributed by atoms with E-state index >= 15 is 0 Å². The lowest BCUT2D eigenvalue weighted by Crippen LogP contribution is -2.44. The molecule has 1 aliphatic heterocycles. The summed E-state index contributed by atoms with van der Waals surface area (Å²) in [6.45, 7) is 10.4. The Morgan fingerprint density at radius 3 is 1.58 bits per heavy atom. The maximum Gasteiger partial charge on any atom is 0.0603 e. The van der Waals surface area contributed by atoms with E-state index in [2.05, 4.69) is 27.7 Å². The summed E-state index contributed by atoms with van der Waals surface area (Å²) in [5, 5.41) is 0. The molecule has 3 rings (SSSR count). The van der Waals surface area contributed by atoms with Gasteiger partial charge in [-0.25, -0.2) is 0 Å². The van der Waals surface area contributed by atoms with Crippen molar-refractivity contribution in [2.75, 3.05) is 0 Å². The van der Waals surface area contributed by atoms with Crippen LogP contribution in [-0.2, 0) is 0 Å². The quantitative estimate of drug-likeness (QED) is 0.535. The fourth-order valence-electron chi connectivity index (χ4n) is 6.69. The largest absolute Gasteiger partial charge is 0.0622 e. The van der Waals surface area contributed by atoms with Gasteiger partial charge in [-0.1, -0.05) is 78.3 Å². The van der Waals surface area contributed by atoms with E-state index in [1.54, 1.807) is 50.6 Å². The van der Waals surface area contributed by atoms with Gasteiger partial charge in [0.05, 0.1) is 8.07 Å². The summed E-state index contributed by atoms with van der Waals surface area (Å²) in [6, 6.07) is 3.41. The second kappa shape index (κ2) is 5.20. The van der Waals surface area contributed by atoms with Crippen LogP contribution in [-0.4, -0.2) is 8.07 Å². The first-order chi connectivity index (χ1) is 9.08. The molecular weight excluding hydrogens is 244 g/mol. The fraction of sp³-hybridized carbons (Fsp3) is 1.00. The van der Waals surface area contributed by atoms with Crippen molar-refractivity contribution in [2.45, 2.75) is 89.4 Å². The molecule has 4 atom stereocenters. The zero-order valence-corrected chi connectivity index (χ0v) is 14.6. The topological polar surface area (TPSA) is 0 Å². The van der Waals surface area contributed by atoms with Crippen LogP contribution in [0.5, 0.6) is 0 Å². The molecular formula is C18H34Si. The maximum atomic E-state index is 2.62. The van der Waals surface area contributed by atoms with E-state index in [-0.39, 0.29) is 0 Å². The van der Waals surface area contributed by atoms with Gasteiger partial charge in [-0.2, -0.15) is 0 Å². The summed E-state index contributed by atoms with van der Waals surface area (Å²) in [5.74, 6) is 4.00. The number of hydrogen-bond acceptors (Lipinski definition) is 0. The van der Waals surface area contributed by atoms with Crippen LogP contribution in [0.15, 0.2) is 0 Å². The standard InChI is InChI=1S/C18H34Si/c1-13-14(2)16(4)18(15(13)3)19(11-7-8-12-19)17-9-5-6-10-17/h13-18H,5-12H2,1-4H3. The van der Waals surface area contributed by atoms with Crippen molar-refractivity contribution in [3.05, 3.63) is 0 Å². The van der Waals surface area contributed by atoms with Gasteiger partial charge >= 0.3 is 0 Å². The molecule has 1 heteroatoms. The van der Waals surface area contributed by atoms with E-state index in [4.69, 9.17) is 0 Å². The summed E-state index contributed by atoms with van der Waals surface area (Å²) in [7, 11) is -0.976. The van der Waals surface area contributed by atoms with E-state index in [9.17, 15) is 0 Å². The Labute approximate surface area is 121 Å². The summed E-state index contributed by atoms with van der Waals surface area (Å²) < 4.78 is 0. The normalized spacial score (nSPS) is 47.1. The Balaban J connectivity index is 1.91. The van der Waals surface area contributed by atoms with Crippen molar-refractivity contribution < 1.29 is 0 Å². The summed E-state index contributed by atoms with van der Waals surface area (Å²) >= 11 is 0. The van der Waals surface area contributed by atoms with Crippen molar-refractivity contribution in [3.8, 4) is 0 Å². The molecule has 2 saturated carbocycles. The first kappa shape index (κ1) is 14.2. The number of hydrogen-bond donors (Lipinski definition) is 0. The van der Waals surface area contributed by atoms with Crippen molar-refractivity contribution in [1.82, 2.24) is 0 Å².